The molecule has 0 amide bonds. The predicted molar refractivity (Wildman–Crippen MR) is 74.4 cm³/mol. The van der Waals surface area contributed by atoms with Crippen LogP contribution in [0.25, 0.3) is 0 Å². The van der Waals surface area contributed by atoms with Crippen molar-refractivity contribution in [3.8, 4) is 0 Å². The van der Waals surface area contributed by atoms with Crippen molar-refractivity contribution in [3.63, 3.8) is 0 Å². The number of carboxylic acids is 1. The van der Waals surface area contributed by atoms with Gasteiger partial charge in [0, 0.05) is 34.5 Å². The SMILES string of the molecule is Cn1cc(C(=O)c2cc(N)ccc2Br)cc1C(=O)O. The molecular formula is C13H11BrN2O3. The molecule has 0 aliphatic heterocycles. The first-order valence-corrected chi connectivity index (χ1v) is 6.19. The maximum Gasteiger partial charge on any atom is 0.352 e. The average molecular weight is 323 g/mol. The number of hydrogen-bond donors (Lipinski definition) is 2. The van der Waals surface area contributed by atoms with Gasteiger partial charge in [0.1, 0.15) is 5.69 Å². The van der Waals surface area contributed by atoms with Crippen molar-refractivity contribution in [2.24, 2.45) is 7.05 Å². The highest BCUT2D eigenvalue weighted by Gasteiger charge is 2.18. The van der Waals surface area contributed by atoms with Gasteiger partial charge in [0.05, 0.1) is 0 Å². The number of hydrogen-bond acceptors (Lipinski definition) is 3. The molecule has 0 saturated heterocycles. The molecule has 6 heteroatoms. The summed E-state index contributed by atoms with van der Waals surface area (Å²) in [5.41, 5.74) is 6.90. The van der Waals surface area contributed by atoms with Crippen LogP contribution in [0.4, 0.5) is 5.69 Å². The summed E-state index contributed by atoms with van der Waals surface area (Å²) >= 11 is 3.28. The Kier molecular flexibility index (Phi) is 3.44. The third-order valence-electron chi connectivity index (χ3n) is 2.72. The van der Waals surface area contributed by atoms with Crippen LogP contribution in [-0.2, 0) is 7.05 Å². The van der Waals surface area contributed by atoms with E-state index in [4.69, 9.17) is 10.8 Å². The van der Waals surface area contributed by atoms with Gasteiger partial charge in [-0.05, 0) is 24.3 Å². The van der Waals surface area contributed by atoms with Crippen LogP contribution >= 0.6 is 15.9 Å². The first kappa shape index (κ1) is 13.4. The standard InChI is InChI=1S/C13H11BrN2O3/c1-16-6-7(4-11(16)13(18)19)12(17)9-5-8(15)2-3-10(9)14/h2-6H,15H2,1H3,(H,18,19). The zero-order chi connectivity index (χ0) is 14.2. The lowest BCUT2D eigenvalue weighted by Gasteiger charge is -2.03. The van der Waals surface area contributed by atoms with Gasteiger partial charge in [-0.1, -0.05) is 15.9 Å². The minimum absolute atomic E-state index is 0.0587. The van der Waals surface area contributed by atoms with Crippen LogP contribution in [0.5, 0.6) is 0 Å². The minimum Gasteiger partial charge on any atom is -0.477 e. The molecular weight excluding hydrogens is 312 g/mol. The van der Waals surface area contributed by atoms with E-state index < -0.39 is 5.97 Å². The summed E-state index contributed by atoms with van der Waals surface area (Å²) in [6.45, 7) is 0. The number of nitrogen functional groups attached to an aromatic ring is 1. The van der Waals surface area contributed by atoms with E-state index in [2.05, 4.69) is 15.9 Å². The van der Waals surface area contributed by atoms with Crippen molar-refractivity contribution in [1.82, 2.24) is 4.57 Å². The molecule has 0 spiro atoms. The monoisotopic (exact) mass is 322 g/mol. The molecule has 5 nitrogen and oxygen atoms in total. The van der Waals surface area contributed by atoms with E-state index in [0.29, 0.717) is 21.3 Å². The smallest absolute Gasteiger partial charge is 0.352 e. The second kappa shape index (κ2) is 4.89. The van der Waals surface area contributed by atoms with Gasteiger partial charge in [0.15, 0.2) is 5.78 Å². The topological polar surface area (TPSA) is 85.3 Å². The van der Waals surface area contributed by atoms with Crippen LogP contribution in [-0.4, -0.2) is 21.4 Å². The van der Waals surface area contributed by atoms with Crippen molar-refractivity contribution >= 4 is 33.4 Å². The second-order valence-electron chi connectivity index (χ2n) is 4.10. The van der Waals surface area contributed by atoms with E-state index in [0.717, 1.165) is 0 Å². The Hall–Kier alpha value is -2.08. The summed E-state index contributed by atoms with van der Waals surface area (Å²) < 4.78 is 2.02. The van der Waals surface area contributed by atoms with Gasteiger partial charge < -0.3 is 15.4 Å². The molecule has 1 aromatic heterocycles. The van der Waals surface area contributed by atoms with Gasteiger partial charge in [0.2, 0.25) is 0 Å². The zero-order valence-corrected chi connectivity index (χ0v) is 11.6. The normalized spacial score (nSPS) is 10.4. The number of nitrogens with two attached hydrogens (primary N) is 1. The Labute approximate surface area is 117 Å². The summed E-state index contributed by atoms with van der Waals surface area (Å²) in [6, 6.07) is 6.26. The fraction of sp³-hybridized carbons (Fsp3) is 0.0769. The molecule has 1 heterocycles. The van der Waals surface area contributed by atoms with Crippen molar-refractivity contribution < 1.29 is 14.7 Å². The van der Waals surface area contributed by atoms with E-state index in [1.807, 2.05) is 0 Å². The van der Waals surface area contributed by atoms with E-state index in [1.54, 1.807) is 25.2 Å². The fourth-order valence-electron chi connectivity index (χ4n) is 1.77. The number of carbonyl (C=O) groups is 2. The van der Waals surface area contributed by atoms with Gasteiger partial charge in [0.25, 0.3) is 0 Å². The van der Waals surface area contributed by atoms with Gasteiger partial charge in [-0.25, -0.2) is 4.79 Å². The number of nitrogens with zero attached hydrogens (tertiary/aromatic N) is 1. The third-order valence-corrected chi connectivity index (χ3v) is 3.41. The van der Waals surface area contributed by atoms with Crippen molar-refractivity contribution in [3.05, 3.63) is 51.8 Å². The maximum absolute atomic E-state index is 12.3. The number of anilines is 1. The molecule has 0 radical (unpaired) electrons. The average Bonchev–Trinajstić information content (AvgIpc) is 2.74. The Morgan fingerprint density at radius 3 is 2.58 bits per heavy atom. The summed E-state index contributed by atoms with van der Waals surface area (Å²) in [5.74, 6) is -1.35. The lowest BCUT2D eigenvalue weighted by molar-refractivity contribution is 0.0686. The Balaban J connectivity index is 2.47. The number of aryl methyl sites for hydroxylation is 1. The van der Waals surface area contributed by atoms with Gasteiger partial charge in [-0.15, -0.1) is 0 Å². The van der Waals surface area contributed by atoms with Gasteiger partial charge in [-0.2, -0.15) is 0 Å². The molecule has 0 fully saturated rings. The number of benzene rings is 1. The van der Waals surface area contributed by atoms with Crippen molar-refractivity contribution in [1.29, 1.82) is 0 Å². The fourth-order valence-corrected chi connectivity index (χ4v) is 2.20. The molecule has 0 atom stereocenters. The summed E-state index contributed by atoms with van der Waals surface area (Å²) in [7, 11) is 1.58. The molecule has 2 rings (SSSR count). The maximum atomic E-state index is 12.3. The van der Waals surface area contributed by atoms with Gasteiger partial charge in [-0.3, -0.25) is 4.79 Å². The Morgan fingerprint density at radius 1 is 1.32 bits per heavy atom. The predicted octanol–water partition coefficient (Wildman–Crippen LogP) is 2.30. The molecule has 98 valence electrons. The largest absolute Gasteiger partial charge is 0.477 e. The lowest BCUT2D eigenvalue weighted by atomic mass is 10.1. The number of carboxylic acid groups (broad SMARTS) is 1. The first-order valence-electron chi connectivity index (χ1n) is 5.39. The third kappa shape index (κ3) is 2.53. The van der Waals surface area contributed by atoms with Crippen LogP contribution in [0.2, 0.25) is 0 Å². The number of aromatic nitrogens is 1. The molecule has 0 aliphatic rings. The highest BCUT2D eigenvalue weighted by molar-refractivity contribution is 9.10. The highest BCUT2D eigenvalue weighted by Crippen LogP contribution is 2.23. The van der Waals surface area contributed by atoms with E-state index in [-0.39, 0.29) is 11.5 Å². The number of ketones is 1. The Bertz CT molecular complexity index is 677. The van der Waals surface area contributed by atoms with Crippen molar-refractivity contribution in [2.75, 3.05) is 5.73 Å². The highest BCUT2D eigenvalue weighted by atomic mass is 79.9. The Morgan fingerprint density at radius 2 is 2.00 bits per heavy atom. The molecule has 19 heavy (non-hydrogen) atoms. The van der Waals surface area contributed by atoms with E-state index in [1.165, 1.54) is 16.8 Å². The summed E-state index contributed by atoms with van der Waals surface area (Å²) in [4.78, 5) is 23.3. The van der Waals surface area contributed by atoms with Crippen LogP contribution in [0.15, 0.2) is 34.9 Å². The van der Waals surface area contributed by atoms with Gasteiger partial charge >= 0.3 is 5.97 Å². The minimum atomic E-state index is -1.08. The quantitative estimate of drug-likeness (QED) is 0.670. The first-order chi connectivity index (χ1) is 8.90. The number of rotatable bonds is 3. The number of aromatic carboxylic acids is 1. The van der Waals surface area contributed by atoms with Crippen molar-refractivity contribution in [2.45, 2.75) is 0 Å². The van der Waals surface area contributed by atoms with Crippen LogP contribution in [0.1, 0.15) is 26.4 Å². The zero-order valence-electron chi connectivity index (χ0n) is 10.1. The van der Waals surface area contributed by atoms with E-state index in [9.17, 15) is 9.59 Å². The van der Waals surface area contributed by atoms with Crippen LogP contribution in [0, 0.1) is 0 Å². The van der Waals surface area contributed by atoms with Crippen LogP contribution in [0.3, 0.4) is 0 Å². The molecule has 1 aromatic carbocycles. The number of halogens is 1. The molecule has 0 saturated carbocycles. The van der Waals surface area contributed by atoms with Crippen LogP contribution < -0.4 is 5.73 Å². The molecule has 3 N–H and O–H groups in total. The van der Waals surface area contributed by atoms with E-state index >= 15 is 0 Å². The second-order valence-corrected chi connectivity index (χ2v) is 4.95. The molecule has 2 aromatic rings. The molecule has 0 bridgehead atoms. The molecule has 0 aliphatic carbocycles. The number of carbonyl (C=O) groups excluding carboxylic acids is 1. The summed E-state index contributed by atoms with van der Waals surface area (Å²) in [6.07, 6.45) is 1.49. The summed E-state index contributed by atoms with van der Waals surface area (Å²) in [5, 5.41) is 8.97. The molecule has 0 unspecified atom stereocenters. The lowest BCUT2D eigenvalue weighted by Crippen LogP contribution is -2.02.